The van der Waals surface area contributed by atoms with E-state index >= 15 is 0 Å². The monoisotopic (exact) mass is 220 g/mol. The van der Waals surface area contributed by atoms with Gasteiger partial charge in [-0.1, -0.05) is 44.9 Å². The van der Waals surface area contributed by atoms with Gasteiger partial charge >= 0.3 is 0 Å². The van der Waals surface area contributed by atoms with Gasteiger partial charge in [-0.3, -0.25) is 4.79 Å². The van der Waals surface area contributed by atoms with Crippen LogP contribution in [0.2, 0.25) is 0 Å². The molecule has 1 aromatic carbocycles. The van der Waals surface area contributed by atoms with Crippen LogP contribution >= 0.6 is 0 Å². The summed E-state index contributed by atoms with van der Waals surface area (Å²) in [4.78, 5) is 11.6. The third-order valence-corrected chi connectivity index (χ3v) is 2.28. The highest BCUT2D eigenvalue weighted by atomic mass is 16.1. The van der Waals surface area contributed by atoms with Gasteiger partial charge in [0.1, 0.15) is 0 Å². The molecule has 16 heavy (non-hydrogen) atoms. The van der Waals surface area contributed by atoms with Gasteiger partial charge in [-0.25, -0.2) is 0 Å². The van der Waals surface area contributed by atoms with Crippen LogP contribution in [0.25, 0.3) is 0 Å². The number of hydrogen-bond donors (Lipinski definition) is 0. The molecule has 0 saturated carbocycles. The molecule has 0 aliphatic carbocycles. The topological polar surface area (TPSA) is 17.1 Å². The van der Waals surface area contributed by atoms with Gasteiger partial charge in [-0.2, -0.15) is 0 Å². The average molecular weight is 220 g/mol. The predicted octanol–water partition coefficient (Wildman–Crippen LogP) is 4.62. The Hall–Kier alpha value is -1.11. The zero-order valence-electron chi connectivity index (χ0n) is 11.5. The summed E-state index contributed by atoms with van der Waals surface area (Å²) in [5.74, 6) is 0.245. The summed E-state index contributed by atoms with van der Waals surface area (Å²) in [6, 6.07) is 4.13. The maximum Gasteiger partial charge on any atom is 0.163 e. The van der Waals surface area contributed by atoms with Crippen molar-refractivity contribution in [3.05, 3.63) is 34.4 Å². The Morgan fingerprint density at radius 3 is 1.69 bits per heavy atom. The van der Waals surface area contributed by atoms with Crippen LogP contribution in [0.15, 0.2) is 12.1 Å². The van der Waals surface area contributed by atoms with Crippen LogP contribution in [-0.4, -0.2) is 5.78 Å². The molecule has 1 rings (SSSR count). The van der Waals surface area contributed by atoms with Gasteiger partial charge in [0.15, 0.2) is 5.78 Å². The third-order valence-electron chi connectivity index (χ3n) is 2.28. The fourth-order valence-corrected chi connectivity index (χ4v) is 1.80. The van der Waals surface area contributed by atoms with Crippen LogP contribution < -0.4 is 0 Å². The molecule has 0 N–H and O–H groups in total. The lowest BCUT2D eigenvalue weighted by Crippen LogP contribution is -2.03. The van der Waals surface area contributed by atoms with E-state index in [4.69, 9.17) is 0 Å². The molecule has 0 unspecified atom stereocenters. The minimum Gasteiger partial charge on any atom is -0.294 e. The van der Waals surface area contributed by atoms with E-state index in [0.29, 0.717) is 6.42 Å². The molecular formula is C15H24O. The molecule has 90 valence electrons. The highest BCUT2D eigenvalue weighted by Gasteiger charge is 2.09. The van der Waals surface area contributed by atoms with Gasteiger partial charge in [0.05, 0.1) is 0 Å². The largest absolute Gasteiger partial charge is 0.294 e. The van der Waals surface area contributed by atoms with Crippen molar-refractivity contribution >= 4 is 5.78 Å². The number of ketones is 1. The fourth-order valence-electron chi connectivity index (χ4n) is 1.80. The SMILES string of the molecule is CCC.CCC(=O)c1c(C)cc(C)cc1C. The summed E-state index contributed by atoms with van der Waals surface area (Å²) in [6.07, 6.45) is 1.84. The number of carbonyl (C=O) groups excluding carboxylic acids is 1. The van der Waals surface area contributed by atoms with E-state index in [0.717, 1.165) is 16.7 Å². The van der Waals surface area contributed by atoms with Gasteiger partial charge in [-0.05, 0) is 31.9 Å². The zero-order chi connectivity index (χ0) is 12.7. The first-order valence-electron chi connectivity index (χ1n) is 6.08. The number of benzene rings is 1. The zero-order valence-corrected chi connectivity index (χ0v) is 11.5. The Morgan fingerprint density at radius 2 is 1.38 bits per heavy atom. The smallest absolute Gasteiger partial charge is 0.163 e. The van der Waals surface area contributed by atoms with E-state index < -0.39 is 0 Å². The number of carbonyl (C=O) groups is 1. The van der Waals surface area contributed by atoms with E-state index in [-0.39, 0.29) is 5.78 Å². The van der Waals surface area contributed by atoms with E-state index in [1.165, 1.54) is 12.0 Å². The molecule has 0 aliphatic rings. The molecular weight excluding hydrogens is 196 g/mol. The molecule has 0 aromatic heterocycles. The fraction of sp³-hybridized carbons (Fsp3) is 0.533. The van der Waals surface area contributed by atoms with Gasteiger partial charge in [0, 0.05) is 12.0 Å². The van der Waals surface area contributed by atoms with E-state index in [2.05, 4.69) is 32.9 Å². The van der Waals surface area contributed by atoms with E-state index in [1.807, 2.05) is 20.8 Å². The van der Waals surface area contributed by atoms with Crippen molar-refractivity contribution in [1.29, 1.82) is 0 Å². The van der Waals surface area contributed by atoms with Crippen molar-refractivity contribution < 1.29 is 4.79 Å². The first-order valence-corrected chi connectivity index (χ1v) is 6.08. The maximum atomic E-state index is 11.6. The van der Waals surface area contributed by atoms with Crippen molar-refractivity contribution in [3.8, 4) is 0 Å². The molecule has 0 heterocycles. The molecule has 1 aromatic rings. The summed E-state index contributed by atoms with van der Waals surface area (Å²) < 4.78 is 0. The van der Waals surface area contributed by atoms with Gasteiger partial charge in [0.2, 0.25) is 0 Å². The predicted molar refractivity (Wildman–Crippen MR) is 71.2 cm³/mol. The number of aryl methyl sites for hydroxylation is 3. The third kappa shape index (κ3) is 4.18. The molecule has 1 nitrogen and oxygen atoms in total. The minimum absolute atomic E-state index is 0.245. The lowest BCUT2D eigenvalue weighted by atomic mass is 9.96. The molecule has 0 fully saturated rings. The second-order valence-electron chi connectivity index (χ2n) is 4.26. The Balaban J connectivity index is 0.000000673. The first kappa shape index (κ1) is 14.9. The van der Waals surface area contributed by atoms with E-state index in [9.17, 15) is 4.79 Å². The van der Waals surface area contributed by atoms with Gasteiger partial charge in [0.25, 0.3) is 0 Å². The van der Waals surface area contributed by atoms with Gasteiger partial charge in [-0.15, -0.1) is 0 Å². The molecule has 1 heteroatoms. The van der Waals surface area contributed by atoms with Crippen molar-refractivity contribution in [1.82, 2.24) is 0 Å². The van der Waals surface area contributed by atoms with Crippen LogP contribution in [0.1, 0.15) is 60.7 Å². The second kappa shape index (κ2) is 7.21. The Morgan fingerprint density at radius 1 is 1.00 bits per heavy atom. The number of rotatable bonds is 2. The molecule has 0 amide bonds. The summed E-state index contributed by atoms with van der Waals surface area (Å²) in [6.45, 7) is 12.2. The quantitative estimate of drug-likeness (QED) is 0.665. The molecule has 0 atom stereocenters. The summed E-state index contributed by atoms with van der Waals surface area (Å²) in [5, 5.41) is 0. The van der Waals surface area contributed by atoms with Crippen molar-refractivity contribution in [2.75, 3.05) is 0 Å². The Labute approximate surface area is 99.9 Å². The number of Topliss-reactive ketones (excluding diaryl/α,β-unsaturated/α-hetero) is 1. The lowest BCUT2D eigenvalue weighted by molar-refractivity contribution is 0.0987. The molecule has 0 saturated heterocycles. The molecule has 0 spiro atoms. The maximum absolute atomic E-state index is 11.6. The van der Waals surface area contributed by atoms with Crippen molar-refractivity contribution in [3.63, 3.8) is 0 Å². The van der Waals surface area contributed by atoms with Crippen LogP contribution in [0.5, 0.6) is 0 Å². The van der Waals surface area contributed by atoms with Crippen LogP contribution in [0.3, 0.4) is 0 Å². The molecule has 0 aliphatic heterocycles. The minimum atomic E-state index is 0.245. The van der Waals surface area contributed by atoms with Crippen LogP contribution in [0.4, 0.5) is 0 Å². The Bertz CT molecular complexity index is 327. The summed E-state index contributed by atoms with van der Waals surface area (Å²) in [7, 11) is 0. The average Bonchev–Trinajstić information content (AvgIpc) is 2.17. The summed E-state index contributed by atoms with van der Waals surface area (Å²) in [5.41, 5.74) is 4.34. The first-order chi connectivity index (χ1) is 7.47. The van der Waals surface area contributed by atoms with Crippen molar-refractivity contribution in [2.24, 2.45) is 0 Å². The summed E-state index contributed by atoms with van der Waals surface area (Å²) >= 11 is 0. The van der Waals surface area contributed by atoms with Crippen LogP contribution in [-0.2, 0) is 0 Å². The lowest BCUT2D eigenvalue weighted by Gasteiger charge is -2.08. The highest BCUT2D eigenvalue weighted by molar-refractivity contribution is 5.98. The standard InChI is InChI=1S/C12H16O.C3H8/c1-5-11(13)12-9(3)6-8(2)7-10(12)4;1-3-2/h6-7H,5H2,1-4H3;3H2,1-2H3. The van der Waals surface area contributed by atoms with Gasteiger partial charge < -0.3 is 0 Å². The van der Waals surface area contributed by atoms with Crippen molar-refractivity contribution in [2.45, 2.75) is 54.4 Å². The van der Waals surface area contributed by atoms with Crippen LogP contribution in [0, 0.1) is 20.8 Å². The normalized spacial score (nSPS) is 9.38. The Kier molecular flexibility index (Phi) is 6.71. The highest BCUT2D eigenvalue weighted by Crippen LogP contribution is 2.17. The number of hydrogen-bond acceptors (Lipinski definition) is 1. The molecule has 0 radical (unpaired) electrons. The molecule has 0 bridgehead atoms. The second-order valence-corrected chi connectivity index (χ2v) is 4.26. The van der Waals surface area contributed by atoms with E-state index in [1.54, 1.807) is 0 Å².